The molecule has 3 amide bonds. The molecule has 1 aliphatic rings. The summed E-state index contributed by atoms with van der Waals surface area (Å²) in [5.41, 5.74) is 1.69. The minimum absolute atomic E-state index is 0.0689. The lowest BCUT2D eigenvalue weighted by molar-refractivity contribution is -0.141. The molecule has 0 aromatic heterocycles. The van der Waals surface area contributed by atoms with E-state index in [1.807, 2.05) is 50.2 Å². The Balaban J connectivity index is 1.65. The van der Waals surface area contributed by atoms with Crippen molar-refractivity contribution >= 4 is 27.7 Å². The minimum Gasteiger partial charge on any atom is -0.497 e. The Morgan fingerprint density at radius 3 is 2.34 bits per heavy atom. The number of sulfonamides is 1. The van der Waals surface area contributed by atoms with E-state index in [9.17, 15) is 22.8 Å². The average Bonchev–Trinajstić information content (AvgIpc) is 3.18. The van der Waals surface area contributed by atoms with Crippen molar-refractivity contribution in [3.63, 3.8) is 0 Å². The van der Waals surface area contributed by atoms with Crippen molar-refractivity contribution in [2.75, 3.05) is 13.7 Å². The molecule has 4 rings (SSSR count). The molecule has 1 N–H and O–H groups in total. The molecule has 0 spiro atoms. The molecule has 0 unspecified atom stereocenters. The van der Waals surface area contributed by atoms with Crippen LogP contribution in [0.15, 0.2) is 83.8 Å². The molecule has 0 bridgehead atoms. The standard InChI is InChI=1S/C31H35N3O6S/c1-4-22(2)32-30(36)27(20-23-11-6-5-7-12-23)33(21-24-13-10-14-25(19-24)40-3)29(35)17-18-34-31(37)26-15-8-9-16-28(26)41(34,38)39/h5-16,19,22,27H,4,17-18,20-21H2,1-3H3,(H,32,36)/t22-,27+/m1/s1. The summed E-state index contributed by atoms with van der Waals surface area (Å²) in [5.74, 6) is -0.822. The van der Waals surface area contributed by atoms with Crippen molar-refractivity contribution in [3.05, 3.63) is 95.6 Å². The molecule has 1 aliphatic heterocycles. The number of hydrogen-bond donors (Lipinski definition) is 1. The Morgan fingerprint density at radius 2 is 1.66 bits per heavy atom. The highest BCUT2D eigenvalue weighted by atomic mass is 32.2. The molecule has 2 atom stereocenters. The lowest BCUT2D eigenvalue weighted by atomic mass is 10.0. The second-order valence-corrected chi connectivity index (χ2v) is 11.9. The van der Waals surface area contributed by atoms with Gasteiger partial charge in [-0.3, -0.25) is 14.4 Å². The number of benzene rings is 3. The Morgan fingerprint density at radius 1 is 0.976 bits per heavy atom. The monoisotopic (exact) mass is 577 g/mol. The van der Waals surface area contributed by atoms with Gasteiger partial charge in [0, 0.05) is 32.0 Å². The first-order valence-corrected chi connectivity index (χ1v) is 15.0. The third-order valence-electron chi connectivity index (χ3n) is 7.20. The summed E-state index contributed by atoms with van der Waals surface area (Å²) in [6.45, 7) is 3.60. The van der Waals surface area contributed by atoms with Crippen LogP contribution in [-0.4, -0.2) is 61.1 Å². The van der Waals surface area contributed by atoms with E-state index in [2.05, 4.69) is 5.32 Å². The predicted molar refractivity (Wildman–Crippen MR) is 155 cm³/mol. The van der Waals surface area contributed by atoms with Crippen LogP contribution >= 0.6 is 0 Å². The maximum Gasteiger partial charge on any atom is 0.269 e. The van der Waals surface area contributed by atoms with Crippen LogP contribution in [-0.2, 0) is 32.6 Å². The number of nitrogens with one attached hydrogen (secondary N) is 1. The maximum atomic E-state index is 13.9. The first-order valence-electron chi connectivity index (χ1n) is 13.6. The molecule has 0 aliphatic carbocycles. The van der Waals surface area contributed by atoms with Crippen molar-refractivity contribution in [3.8, 4) is 5.75 Å². The van der Waals surface area contributed by atoms with Crippen molar-refractivity contribution in [2.24, 2.45) is 0 Å². The van der Waals surface area contributed by atoms with Crippen LogP contribution in [0.3, 0.4) is 0 Å². The summed E-state index contributed by atoms with van der Waals surface area (Å²) >= 11 is 0. The number of hydrogen-bond acceptors (Lipinski definition) is 6. The van der Waals surface area contributed by atoms with Gasteiger partial charge in [0.15, 0.2) is 0 Å². The molecule has 10 heteroatoms. The summed E-state index contributed by atoms with van der Waals surface area (Å²) in [6, 6.07) is 21.6. The molecule has 41 heavy (non-hydrogen) atoms. The second-order valence-electron chi connectivity index (χ2n) is 10.0. The van der Waals surface area contributed by atoms with E-state index in [0.717, 1.165) is 15.4 Å². The Kier molecular flexibility index (Phi) is 9.44. The van der Waals surface area contributed by atoms with Gasteiger partial charge in [-0.15, -0.1) is 0 Å². The van der Waals surface area contributed by atoms with Crippen LogP contribution in [0.4, 0.5) is 0 Å². The van der Waals surface area contributed by atoms with Gasteiger partial charge in [0.05, 0.1) is 12.7 Å². The van der Waals surface area contributed by atoms with Gasteiger partial charge < -0.3 is 15.0 Å². The lowest BCUT2D eigenvalue weighted by Gasteiger charge is -2.33. The van der Waals surface area contributed by atoms with Crippen LogP contribution in [0.2, 0.25) is 0 Å². The summed E-state index contributed by atoms with van der Waals surface area (Å²) in [6.07, 6.45) is 0.680. The van der Waals surface area contributed by atoms with E-state index >= 15 is 0 Å². The quantitative estimate of drug-likeness (QED) is 0.351. The molecular weight excluding hydrogens is 542 g/mol. The zero-order valence-electron chi connectivity index (χ0n) is 23.4. The zero-order chi connectivity index (χ0) is 29.6. The zero-order valence-corrected chi connectivity index (χ0v) is 24.3. The number of fused-ring (bicyclic) bond motifs is 1. The number of nitrogens with zero attached hydrogens (tertiary/aromatic N) is 2. The van der Waals surface area contributed by atoms with Crippen LogP contribution < -0.4 is 10.1 Å². The Labute approximate surface area is 241 Å². The number of carbonyl (C=O) groups excluding carboxylic acids is 3. The fourth-order valence-electron chi connectivity index (χ4n) is 4.76. The van der Waals surface area contributed by atoms with E-state index < -0.39 is 27.9 Å². The van der Waals surface area contributed by atoms with Gasteiger partial charge in [0.25, 0.3) is 15.9 Å². The number of rotatable bonds is 12. The largest absolute Gasteiger partial charge is 0.497 e. The van der Waals surface area contributed by atoms with E-state index in [-0.39, 0.29) is 48.3 Å². The fraction of sp³-hybridized carbons (Fsp3) is 0.323. The van der Waals surface area contributed by atoms with E-state index in [1.165, 1.54) is 17.0 Å². The SMILES string of the molecule is CC[C@@H](C)NC(=O)[C@H](Cc1ccccc1)N(Cc1cccc(OC)c1)C(=O)CCN1C(=O)c2ccccc2S1(=O)=O. The van der Waals surface area contributed by atoms with E-state index in [0.29, 0.717) is 12.2 Å². The molecule has 3 aromatic carbocycles. The van der Waals surface area contributed by atoms with E-state index in [4.69, 9.17) is 4.74 Å². The molecule has 3 aromatic rings. The highest BCUT2D eigenvalue weighted by molar-refractivity contribution is 7.90. The molecule has 0 radical (unpaired) electrons. The molecule has 9 nitrogen and oxygen atoms in total. The number of methoxy groups -OCH3 is 1. The van der Waals surface area contributed by atoms with Crippen LogP contribution in [0, 0.1) is 0 Å². The predicted octanol–water partition coefficient (Wildman–Crippen LogP) is 3.78. The van der Waals surface area contributed by atoms with Crippen molar-refractivity contribution in [1.29, 1.82) is 0 Å². The van der Waals surface area contributed by atoms with Crippen molar-refractivity contribution in [1.82, 2.24) is 14.5 Å². The summed E-state index contributed by atoms with van der Waals surface area (Å²) < 4.78 is 32.3. The average molecular weight is 578 g/mol. The summed E-state index contributed by atoms with van der Waals surface area (Å²) in [5, 5.41) is 3.00. The third-order valence-corrected chi connectivity index (χ3v) is 9.04. The Bertz CT molecular complexity index is 1510. The number of amides is 3. The smallest absolute Gasteiger partial charge is 0.269 e. The topological polar surface area (TPSA) is 113 Å². The van der Waals surface area contributed by atoms with Crippen LogP contribution in [0.5, 0.6) is 5.75 Å². The van der Waals surface area contributed by atoms with Gasteiger partial charge in [-0.05, 0) is 48.7 Å². The molecule has 0 saturated carbocycles. The van der Waals surface area contributed by atoms with Crippen molar-refractivity contribution in [2.45, 2.75) is 56.6 Å². The molecule has 0 saturated heterocycles. The molecule has 216 valence electrons. The third kappa shape index (κ3) is 6.77. The molecule has 1 heterocycles. The van der Waals surface area contributed by atoms with Gasteiger partial charge in [-0.1, -0.05) is 61.5 Å². The number of carbonyl (C=O) groups is 3. The van der Waals surface area contributed by atoms with Gasteiger partial charge in [-0.2, -0.15) is 0 Å². The van der Waals surface area contributed by atoms with Gasteiger partial charge in [0.2, 0.25) is 11.8 Å². The first-order chi connectivity index (χ1) is 19.6. The van der Waals surface area contributed by atoms with E-state index in [1.54, 1.807) is 37.4 Å². The number of ether oxygens (including phenoxy) is 1. The second kappa shape index (κ2) is 13.0. The lowest BCUT2D eigenvalue weighted by Crippen LogP contribution is -2.52. The molecule has 0 fully saturated rings. The molecular formula is C31H35N3O6S. The summed E-state index contributed by atoms with van der Waals surface area (Å²) in [4.78, 5) is 41.9. The van der Waals surface area contributed by atoms with Gasteiger partial charge in [0.1, 0.15) is 16.7 Å². The van der Waals surface area contributed by atoms with Crippen LogP contribution in [0.25, 0.3) is 0 Å². The summed E-state index contributed by atoms with van der Waals surface area (Å²) in [7, 11) is -2.53. The Hall–Kier alpha value is -4.18. The maximum absolute atomic E-state index is 13.9. The van der Waals surface area contributed by atoms with Crippen LogP contribution in [0.1, 0.15) is 48.2 Å². The van der Waals surface area contributed by atoms with Gasteiger partial charge in [-0.25, -0.2) is 12.7 Å². The highest BCUT2D eigenvalue weighted by Crippen LogP contribution is 2.30. The normalized spacial score (nSPS) is 15.1. The first kappa shape index (κ1) is 29.8. The minimum atomic E-state index is -4.07. The highest BCUT2D eigenvalue weighted by Gasteiger charge is 2.41. The fourth-order valence-corrected chi connectivity index (χ4v) is 6.33. The van der Waals surface area contributed by atoms with Gasteiger partial charge >= 0.3 is 0 Å². The van der Waals surface area contributed by atoms with Crippen molar-refractivity contribution < 1.29 is 27.5 Å².